The van der Waals surface area contributed by atoms with Crippen LogP contribution in [-0.2, 0) is 22.6 Å². The van der Waals surface area contributed by atoms with Gasteiger partial charge in [-0.25, -0.2) is 9.97 Å². The van der Waals surface area contributed by atoms with Crippen molar-refractivity contribution in [3.8, 4) is 0 Å². The molecule has 2 aromatic rings. The minimum absolute atomic E-state index is 0.0660. The smallest absolute Gasteiger partial charge is 0.228 e. The number of amides is 2. The van der Waals surface area contributed by atoms with Crippen molar-refractivity contribution in [2.75, 3.05) is 23.3 Å². The van der Waals surface area contributed by atoms with Gasteiger partial charge in [0.05, 0.1) is 6.04 Å². The minimum Gasteiger partial charge on any atom is -0.326 e. The third kappa shape index (κ3) is 5.41. The summed E-state index contributed by atoms with van der Waals surface area (Å²) in [6.45, 7) is 10.3. The number of hydrogen-bond acceptors (Lipinski definition) is 5. The maximum absolute atomic E-state index is 12.7. The Labute approximate surface area is 196 Å². The fraction of sp³-hybridized carbons (Fsp3) is 0.538. The van der Waals surface area contributed by atoms with Crippen LogP contribution in [0.4, 0.5) is 11.5 Å². The summed E-state index contributed by atoms with van der Waals surface area (Å²) in [5, 5.41) is 2.82. The molecule has 1 N–H and O–H groups in total. The van der Waals surface area contributed by atoms with E-state index in [1.807, 2.05) is 17.0 Å². The molecule has 3 heterocycles. The van der Waals surface area contributed by atoms with Crippen molar-refractivity contribution in [2.24, 2.45) is 5.92 Å². The van der Waals surface area contributed by atoms with Crippen LogP contribution >= 0.6 is 0 Å². The number of hydrogen-bond donors (Lipinski definition) is 1. The van der Waals surface area contributed by atoms with Crippen LogP contribution in [-0.4, -0.2) is 39.8 Å². The first-order valence-corrected chi connectivity index (χ1v) is 12.1. The zero-order chi connectivity index (χ0) is 23.5. The van der Waals surface area contributed by atoms with E-state index in [0.29, 0.717) is 18.9 Å². The fourth-order valence-electron chi connectivity index (χ4n) is 4.91. The molecule has 0 aliphatic carbocycles. The fourth-order valence-corrected chi connectivity index (χ4v) is 4.91. The number of rotatable bonds is 6. The molecule has 176 valence electrons. The first-order valence-electron chi connectivity index (χ1n) is 12.1. The second-order valence-electron chi connectivity index (χ2n) is 9.73. The summed E-state index contributed by atoms with van der Waals surface area (Å²) in [4.78, 5) is 38.3. The van der Waals surface area contributed by atoms with E-state index in [9.17, 15) is 9.59 Å². The van der Waals surface area contributed by atoms with Crippen molar-refractivity contribution in [1.29, 1.82) is 0 Å². The average molecular weight is 450 g/mol. The second kappa shape index (κ2) is 10.00. The van der Waals surface area contributed by atoms with Gasteiger partial charge < -0.3 is 5.32 Å². The van der Waals surface area contributed by atoms with Crippen LogP contribution in [0, 0.1) is 12.8 Å². The lowest BCUT2D eigenvalue weighted by Gasteiger charge is -2.36. The number of aryl methyl sites for hydroxylation is 1. The Morgan fingerprint density at radius 1 is 1.15 bits per heavy atom. The van der Waals surface area contributed by atoms with Crippen molar-refractivity contribution in [1.82, 2.24) is 14.9 Å². The largest absolute Gasteiger partial charge is 0.326 e. The molecule has 0 radical (unpaired) electrons. The van der Waals surface area contributed by atoms with Crippen LogP contribution in [0.3, 0.4) is 0 Å². The quantitative estimate of drug-likeness (QED) is 0.707. The molecule has 33 heavy (non-hydrogen) atoms. The number of likely N-dealkylation sites (tertiary alicyclic amines) is 1. The van der Waals surface area contributed by atoms with Gasteiger partial charge in [-0.15, -0.1) is 0 Å². The Bertz CT molecular complexity index is 1020. The number of benzene rings is 1. The average Bonchev–Trinajstić information content (AvgIpc) is 2.77. The van der Waals surface area contributed by atoms with Gasteiger partial charge in [-0.3, -0.25) is 19.4 Å². The first-order chi connectivity index (χ1) is 15.8. The molecular formula is C26H35N5O2. The molecule has 7 heteroatoms. The van der Waals surface area contributed by atoms with Gasteiger partial charge in [0.2, 0.25) is 11.8 Å². The molecule has 1 fully saturated rings. The number of nitrogens with one attached hydrogen (secondary N) is 1. The summed E-state index contributed by atoms with van der Waals surface area (Å²) in [6.07, 6.45) is 4.58. The van der Waals surface area contributed by atoms with Crippen LogP contribution in [0.15, 0.2) is 24.3 Å². The topological polar surface area (TPSA) is 78.4 Å². The second-order valence-corrected chi connectivity index (χ2v) is 9.73. The van der Waals surface area contributed by atoms with E-state index in [2.05, 4.69) is 43.1 Å². The zero-order valence-corrected chi connectivity index (χ0v) is 20.2. The molecule has 1 saturated heterocycles. The maximum Gasteiger partial charge on any atom is 0.228 e. The molecule has 0 bridgehead atoms. The van der Waals surface area contributed by atoms with Gasteiger partial charge in [0.15, 0.2) is 0 Å². The Hall–Kier alpha value is -2.80. The minimum atomic E-state index is -0.0660. The lowest BCUT2D eigenvalue weighted by molar-refractivity contribution is -0.119. The van der Waals surface area contributed by atoms with E-state index in [1.54, 1.807) is 0 Å². The number of aromatic nitrogens is 2. The van der Waals surface area contributed by atoms with Crippen LogP contribution in [0.2, 0.25) is 0 Å². The molecule has 2 aliphatic rings. The van der Waals surface area contributed by atoms with Crippen molar-refractivity contribution < 1.29 is 9.59 Å². The van der Waals surface area contributed by atoms with Crippen molar-refractivity contribution in [2.45, 2.75) is 72.4 Å². The molecule has 0 saturated carbocycles. The van der Waals surface area contributed by atoms with Crippen LogP contribution < -0.4 is 10.2 Å². The molecular weight excluding hydrogens is 414 g/mol. The highest BCUT2D eigenvalue weighted by Crippen LogP contribution is 2.35. The third-order valence-corrected chi connectivity index (χ3v) is 6.47. The molecule has 0 spiro atoms. The van der Waals surface area contributed by atoms with Gasteiger partial charge in [-0.2, -0.15) is 0 Å². The van der Waals surface area contributed by atoms with Gasteiger partial charge in [-0.05, 0) is 56.3 Å². The third-order valence-electron chi connectivity index (χ3n) is 6.47. The number of carbonyl (C=O) groups is 2. The van der Waals surface area contributed by atoms with Gasteiger partial charge in [-0.1, -0.05) is 32.4 Å². The predicted octanol–water partition coefficient (Wildman–Crippen LogP) is 4.41. The number of nitrogens with zero attached hydrogens (tertiary/aromatic N) is 4. The van der Waals surface area contributed by atoms with E-state index in [1.165, 1.54) is 12.5 Å². The van der Waals surface area contributed by atoms with Gasteiger partial charge in [0, 0.05) is 43.4 Å². The number of anilines is 2. The summed E-state index contributed by atoms with van der Waals surface area (Å²) in [5.74, 6) is 2.14. The predicted molar refractivity (Wildman–Crippen MR) is 130 cm³/mol. The Morgan fingerprint density at radius 3 is 2.61 bits per heavy atom. The first kappa shape index (κ1) is 23.4. The van der Waals surface area contributed by atoms with Gasteiger partial charge in [0.25, 0.3) is 0 Å². The molecule has 2 amide bonds. The van der Waals surface area contributed by atoms with Crippen LogP contribution in [0.1, 0.15) is 75.1 Å². The lowest BCUT2D eigenvalue weighted by atomic mass is 9.98. The van der Waals surface area contributed by atoms with E-state index in [4.69, 9.17) is 9.97 Å². The monoisotopic (exact) mass is 449 g/mol. The van der Waals surface area contributed by atoms with Crippen molar-refractivity contribution >= 4 is 23.3 Å². The van der Waals surface area contributed by atoms with Crippen molar-refractivity contribution in [3.05, 3.63) is 46.9 Å². The lowest BCUT2D eigenvalue weighted by Crippen LogP contribution is -2.40. The number of fused-ring (bicyclic) bond motifs is 1. The van der Waals surface area contributed by atoms with Crippen LogP contribution in [0.5, 0.6) is 0 Å². The highest BCUT2D eigenvalue weighted by molar-refractivity contribution is 5.95. The Kier molecular flexibility index (Phi) is 7.08. The summed E-state index contributed by atoms with van der Waals surface area (Å²) < 4.78 is 0. The Morgan fingerprint density at radius 2 is 1.91 bits per heavy atom. The number of piperidine rings is 1. The van der Waals surface area contributed by atoms with Gasteiger partial charge in [0.1, 0.15) is 11.6 Å². The zero-order valence-electron chi connectivity index (χ0n) is 20.2. The summed E-state index contributed by atoms with van der Waals surface area (Å²) in [5.41, 5.74) is 4.13. The molecule has 1 aromatic heterocycles. The highest BCUT2D eigenvalue weighted by atomic mass is 16.2. The number of carbonyl (C=O) groups excluding carboxylic acids is 2. The molecule has 0 unspecified atom stereocenters. The standard InChI is InChI=1S/C26H35N5O2/c1-17(2)15-31-24(33)13-12-22-18(3)27-25(29-26(22)31)23-7-5-6-14-30(23)16-20-8-10-21(11-9-20)28-19(4)32/h8-11,17,23H,5-7,12-16H2,1-4H3,(H,28,32)/t23-/m0/s1. The molecule has 2 aliphatic heterocycles. The van der Waals surface area contributed by atoms with E-state index >= 15 is 0 Å². The van der Waals surface area contributed by atoms with E-state index in [0.717, 1.165) is 67.4 Å². The summed E-state index contributed by atoms with van der Waals surface area (Å²) in [6, 6.07) is 8.17. The normalized spacial score (nSPS) is 19.0. The van der Waals surface area contributed by atoms with Crippen LogP contribution in [0.25, 0.3) is 0 Å². The molecule has 7 nitrogen and oxygen atoms in total. The molecule has 4 rings (SSSR count). The van der Waals surface area contributed by atoms with E-state index < -0.39 is 0 Å². The SMILES string of the molecule is CC(=O)Nc1ccc(CN2CCCC[C@H]2c2nc(C)c3c(n2)N(CC(C)C)C(=O)CC3)cc1. The molecule has 1 aromatic carbocycles. The van der Waals surface area contributed by atoms with Gasteiger partial charge >= 0.3 is 0 Å². The summed E-state index contributed by atoms with van der Waals surface area (Å²) in [7, 11) is 0. The van der Waals surface area contributed by atoms with E-state index in [-0.39, 0.29) is 17.9 Å². The Balaban J connectivity index is 1.60. The highest BCUT2D eigenvalue weighted by Gasteiger charge is 2.32. The maximum atomic E-state index is 12.7. The summed E-state index contributed by atoms with van der Waals surface area (Å²) >= 11 is 0. The molecule has 1 atom stereocenters. The van der Waals surface area contributed by atoms with Crippen molar-refractivity contribution in [3.63, 3.8) is 0 Å².